The summed E-state index contributed by atoms with van der Waals surface area (Å²) >= 11 is 0. The van der Waals surface area contributed by atoms with Crippen LogP contribution >= 0.6 is 12.4 Å². The zero-order valence-electron chi connectivity index (χ0n) is 15.2. The number of rotatable bonds is 4. The summed E-state index contributed by atoms with van der Waals surface area (Å²) in [5.41, 5.74) is 0.715. The van der Waals surface area contributed by atoms with E-state index in [4.69, 9.17) is 0 Å². The molecule has 0 spiro atoms. The minimum Gasteiger partial charge on any atom is -0.336 e. The molecule has 2 aromatic rings. The van der Waals surface area contributed by atoms with Gasteiger partial charge in [0.1, 0.15) is 0 Å². The van der Waals surface area contributed by atoms with Crippen molar-refractivity contribution in [2.24, 2.45) is 0 Å². The third kappa shape index (κ3) is 4.13. The summed E-state index contributed by atoms with van der Waals surface area (Å²) in [4.78, 5) is 27.5. The summed E-state index contributed by atoms with van der Waals surface area (Å²) in [6.45, 7) is 5.40. The number of nitro groups is 1. The summed E-state index contributed by atoms with van der Waals surface area (Å²) in [6.07, 6.45) is 2.49. The van der Waals surface area contributed by atoms with Crippen molar-refractivity contribution in [1.29, 1.82) is 0 Å². The van der Waals surface area contributed by atoms with Gasteiger partial charge in [0.25, 0.3) is 11.6 Å². The Bertz CT molecular complexity index is 853. The molecule has 10 nitrogen and oxygen atoms in total. The summed E-state index contributed by atoms with van der Waals surface area (Å²) in [5, 5.41) is 22.2. The predicted molar refractivity (Wildman–Crippen MR) is 104 cm³/mol. The van der Waals surface area contributed by atoms with E-state index in [1.165, 1.54) is 23.0 Å². The maximum absolute atomic E-state index is 12.8. The summed E-state index contributed by atoms with van der Waals surface area (Å²) < 4.78 is 1.39. The number of benzene rings is 1. The molecular formula is C17H22ClN7O3. The predicted octanol–water partition coefficient (Wildman–Crippen LogP) is 0.717. The number of nitrogens with zero attached hydrogens (tertiary/aromatic N) is 6. The van der Waals surface area contributed by atoms with Crippen LogP contribution in [0.15, 0.2) is 30.5 Å². The number of nitro benzene ring substituents is 1. The molecule has 2 aliphatic rings. The third-order valence-electron chi connectivity index (χ3n) is 5.14. The number of hydrogen-bond donors (Lipinski definition) is 1. The quantitative estimate of drug-likeness (QED) is 0.587. The lowest BCUT2D eigenvalue weighted by Gasteiger charge is -2.32. The van der Waals surface area contributed by atoms with Gasteiger partial charge in [0.05, 0.1) is 16.8 Å². The maximum Gasteiger partial charge on any atom is 0.276 e. The van der Waals surface area contributed by atoms with Gasteiger partial charge in [-0.3, -0.25) is 19.8 Å². The molecule has 4 rings (SSSR count). The zero-order chi connectivity index (χ0) is 18.8. The number of amides is 1. The van der Waals surface area contributed by atoms with Crippen LogP contribution in [0.5, 0.6) is 0 Å². The van der Waals surface area contributed by atoms with Crippen molar-refractivity contribution in [1.82, 2.24) is 30.1 Å². The topological polar surface area (TPSA) is 109 Å². The fourth-order valence-corrected chi connectivity index (χ4v) is 3.67. The van der Waals surface area contributed by atoms with Crippen LogP contribution in [0, 0.1) is 10.1 Å². The number of likely N-dealkylation sites (tertiary alicyclic amines) is 1. The van der Waals surface area contributed by atoms with Gasteiger partial charge in [0.2, 0.25) is 0 Å². The molecular weight excluding hydrogens is 386 g/mol. The van der Waals surface area contributed by atoms with Gasteiger partial charge in [-0.1, -0.05) is 11.3 Å². The fourth-order valence-electron chi connectivity index (χ4n) is 3.67. The van der Waals surface area contributed by atoms with E-state index in [1.807, 2.05) is 4.90 Å². The Kier molecular flexibility index (Phi) is 6.22. The molecule has 28 heavy (non-hydrogen) atoms. The van der Waals surface area contributed by atoms with E-state index < -0.39 is 4.92 Å². The first kappa shape index (κ1) is 20.2. The van der Waals surface area contributed by atoms with E-state index >= 15 is 0 Å². The van der Waals surface area contributed by atoms with Crippen molar-refractivity contribution in [3.05, 3.63) is 46.3 Å². The summed E-state index contributed by atoms with van der Waals surface area (Å²) in [5.74, 6) is -0.149. The minimum atomic E-state index is -0.465. The molecule has 2 saturated heterocycles. The van der Waals surface area contributed by atoms with Crippen molar-refractivity contribution < 1.29 is 9.72 Å². The van der Waals surface area contributed by atoms with Crippen LogP contribution in [0.4, 0.5) is 5.69 Å². The van der Waals surface area contributed by atoms with E-state index in [1.54, 1.807) is 12.1 Å². The molecule has 1 unspecified atom stereocenters. The number of hydrogen-bond acceptors (Lipinski definition) is 7. The van der Waals surface area contributed by atoms with Crippen LogP contribution in [0.1, 0.15) is 16.9 Å². The lowest BCUT2D eigenvalue weighted by molar-refractivity contribution is -0.384. The van der Waals surface area contributed by atoms with Crippen molar-refractivity contribution in [3.63, 3.8) is 0 Å². The highest BCUT2D eigenvalue weighted by Gasteiger charge is 2.32. The second kappa shape index (κ2) is 8.63. The van der Waals surface area contributed by atoms with Crippen LogP contribution in [-0.2, 0) is 0 Å². The molecule has 0 aliphatic carbocycles. The molecule has 1 amide bonds. The van der Waals surface area contributed by atoms with E-state index in [2.05, 4.69) is 20.5 Å². The number of aromatic nitrogens is 3. The van der Waals surface area contributed by atoms with Crippen LogP contribution in [0.2, 0.25) is 0 Å². The Morgan fingerprint density at radius 3 is 2.79 bits per heavy atom. The highest BCUT2D eigenvalue weighted by Crippen LogP contribution is 2.19. The number of halogens is 1. The van der Waals surface area contributed by atoms with Gasteiger partial charge in [0.15, 0.2) is 5.69 Å². The van der Waals surface area contributed by atoms with Crippen molar-refractivity contribution in [3.8, 4) is 5.69 Å². The first-order chi connectivity index (χ1) is 13.1. The van der Waals surface area contributed by atoms with Gasteiger partial charge in [-0.25, -0.2) is 4.68 Å². The Morgan fingerprint density at radius 2 is 2.04 bits per heavy atom. The second-order valence-corrected chi connectivity index (χ2v) is 6.80. The highest BCUT2D eigenvalue weighted by atomic mass is 35.5. The first-order valence-corrected chi connectivity index (χ1v) is 9.03. The minimum absolute atomic E-state index is 0. The lowest BCUT2D eigenvalue weighted by Crippen LogP contribution is -2.49. The smallest absolute Gasteiger partial charge is 0.276 e. The third-order valence-corrected chi connectivity index (χ3v) is 5.14. The van der Waals surface area contributed by atoms with Gasteiger partial charge in [-0.05, 0) is 12.5 Å². The highest BCUT2D eigenvalue weighted by molar-refractivity contribution is 5.92. The molecule has 0 radical (unpaired) electrons. The Hall–Kier alpha value is -2.56. The number of piperazine rings is 1. The van der Waals surface area contributed by atoms with Gasteiger partial charge >= 0.3 is 0 Å². The molecule has 0 saturated carbocycles. The maximum atomic E-state index is 12.8. The Labute approximate surface area is 168 Å². The molecule has 3 heterocycles. The molecule has 2 aliphatic heterocycles. The van der Waals surface area contributed by atoms with E-state index in [0.29, 0.717) is 24.8 Å². The fraction of sp³-hybridized carbons (Fsp3) is 0.471. The van der Waals surface area contributed by atoms with Crippen molar-refractivity contribution in [2.75, 3.05) is 39.3 Å². The standard InChI is InChI=1S/C17H21N7O3.ClH/c25-17(22-7-4-15(11-22)21-8-5-18-6-9-21)16-12-23(20-19-16)13-2-1-3-14(10-13)24(26)27;/h1-3,10,12,15,18H,4-9,11H2;1H. The van der Waals surface area contributed by atoms with Gasteiger partial charge in [0, 0.05) is 57.4 Å². The molecule has 150 valence electrons. The zero-order valence-corrected chi connectivity index (χ0v) is 16.0. The SMILES string of the molecule is Cl.O=C(c1cn(-c2cccc([N+](=O)[O-])c2)nn1)N1CCC(N2CCNCC2)C1. The second-order valence-electron chi connectivity index (χ2n) is 6.80. The monoisotopic (exact) mass is 407 g/mol. The number of non-ortho nitro benzene ring substituents is 1. The first-order valence-electron chi connectivity index (χ1n) is 9.03. The molecule has 1 atom stereocenters. The van der Waals surface area contributed by atoms with E-state index in [0.717, 1.165) is 32.6 Å². The molecule has 1 N–H and O–H groups in total. The molecule has 1 aromatic heterocycles. The molecule has 0 bridgehead atoms. The van der Waals surface area contributed by atoms with E-state index in [9.17, 15) is 14.9 Å². The average Bonchev–Trinajstić information content (AvgIpc) is 3.38. The van der Waals surface area contributed by atoms with Crippen LogP contribution < -0.4 is 5.32 Å². The Balaban J connectivity index is 0.00000225. The number of carbonyl (C=O) groups is 1. The van der Waals surface area contributed by atoms with Crippen LogP contribution in [-0.4, -0.2) is 80.9 Å². The van der Waals surface area contributed by atoms with E-state index in [-0.39, 0.29) is 29.7 Å². The Morgan fingerprint density at radius 1 is 1.25 bits per heavy atom. The van der Waals surface area contributed by atoms with Gasteiger partial charge < -0.3 is 10.2 Å². The van der Waals surface area contributed by atoms with Gasteiger partial charge in [-0.2, -0.15) is 0 Å². The average molecular weight is 408 g/mol. The molecule has 2 fully saturated rings. The number of carbonyl (C=O) groups excluding carboxylic acids is 1. The van der Waals surface area contributed by atoms with Crippen LogP contribution in [0.3, 0.4) is 0 Å². The van der Waals surface area contributed by atoms with Crippen molar-refractivity contribution >= 4 is 24.0 Å². The summed E-state index contributed by atoms with van der Waals surface area (Å²) in [6, 6.07) is 6.47. The lowest BCUT2D eigenvalue weighted by atomic mass is 10.2. The molecule has 1 aromatic carbocycles. The normalized spacial score (nSPS) is 20.0. The number of nitrogens with one attached hydrogen (secondary N) is 1. The molecule has 11 heteroatoms. The van der Waals surface area contributed by atoms with Crippen molar-refractivity contribution in [2.45, 2.75) is 12.5 Å². The largest absolute Gasteiger partial charge is 0.336 e. The van der Waals surface area contributed by atoms with Crippen LogP contribution in [0.25, 0.3) is 5.69 Å². The van der Waals surface area contributed by atoms with Gasteiger partial charge in [-0.15, -0.1) is 17.5 Å². The summed E-state index contributed by atoms with van der Waals surface area (Å²) in [7, 11) is 0.